The van der Waals surface area contributed by atoms with Gasteiger partial charge in [-0.2, -0.15) is 5.26 Å². The van der Waals surface area contributed by atoms with Crippen molar-refractivity contribution in [1.82, 2.24) is 10.6 Å². The van der Waals surface area contributed by atoms with Gasteiger partial charge in [0.05, 0.1) is 21.3 Å². The molecule has 0 aliphatic heterocycles. The van der Waals surface area contributed by atoms with Gasteiger partial charge in [0.25, 0.3) is 5.91 Å². The lowest BCUT2D eigenvalue weighted by atomic mass is 10.1. The molecule has 0 unspecified atom stereocenters. The zero-order valence-corrected chi connectivity index (χ0v) is 17.5. The van der Waals surface area contributed by atoms with Crippen LogP contribution in [0.4, 0.5) is 0 Å². The summed E-state index contributed by atoms with van der Waals surface area (Å²) < 4.78 is 15.7. The van der Waals surface area contributed by atoms with Gasteiger partial charge in [-0.15, -0.1) is 0 Å². The molecule has 0 aromatic heterocycles. The smallest absolute Gasteiger partial charge is 0.263 e. The first-order valence-electron chi connectivity index (χ1n) is 9.57. The standard InChI is InChI=1S/C23H27N3O4/c1-28-20-6-4-5-17(13-20)9-11-25-16-19(15-24)23(27)26-12-10-18-7-8-21(29-2)22(14-18)30-3/h4-8,13-14,16,25H,9-12H2,1-3H3,(H,26,27)/b19-16-. The molecule has 2 aromatic carbocycles. The van der Waals surface area contributed by atoms with Gasteiger partial charge in [-0.1, -0.05) is 18.2 Å². The molecule has 30 heavy (non-hydrogen) atoms. The van der Waals surface area contributed by atoms with E-state index in [2.05, 4.69) is 10.6 Å². The maximum atomic E-state index is 12.2. The zero-order chi connectivity index (χ0) is 21.8. The molecule has 158 valence electrons. The Bertz CT molecular complexity index is 919. The van der Waals surface area contributed by atoms with Gasteiger partial charge >= 0.3 is 0 Å². The second-order valence-corrected chi connectivity index (χ2v) is 6.42. The number of rotatable bonds is 11. The Morgan fingerprint density at radius 1 is 0.967 bits per heavy atom. The minimum absolute atomic E-state index is 0.0351. The van der Waals surface area contributed by atoms with E-state index in [1.165, 1.54) is 6.20 Å². The highest BCUT2D eigenvalue weighted by Gasteiger charge is 2.09. The van der Waals surface area contributed by atoms with Crippen LogP contribution < -0.4 is 24.8 Å². The van der Waals surface area contributed by atoms with E-state index in [0.29, 0.717) is 31.0 Å². The van der Waals surface area contributed by atoms with Crippen molar-refractivity contribution in [3.63, 3.8) is 0 Å². The van der Waals surface area contributed by atoms with Crippen molar-refractivity contribution < 1.29 is 19.0 Å². The van der Waals surface area contributed by atoms with Crippen molar-refractivity contribution in [2.24, 2.45) is 0 Å². The van der Waals surface area contributed by atoms with E-state index in [-0.39, 0.29) is 5.57 Å². The van der Waals surface area contributed by atoms with Gasteiger partial charge in [0.2, 0.25) is 0 Å². The number of nitriles is 1. The fourth-order valence-electron chi connectivity index (χ4n) is 2.82. The number of amides is 1. The molecule has 0 fully saturated rings. The first kappa shape index (κ1) is 22.6. The van der Waals surface area contributed by atoms with Gasteiger partial charge in [0.15, 0.2) is 11.5 Å². The van der Waals surface area contributed by atoms with Gasteiger partial charge in [-0.05, 0) is 48.2 Å². The van der Waals surface area contributed by atoms with Crippen molar-refractivity contribution in [1.29, 1.82) is 5.26 Å². The molecule has 0 atom stereocenters. The van der Waals surface area contributed by atoms with Gasteiger partial charge < -0.3 is 24.8 Å². The van der Waals surface area contributed by atoms with E-state index in [1.807, 2.05) is 48.5 Å². The molecule has 0 radical (unpaired) electrons. The number of carbonyl (C=O) groups is 1. The molecule has 7 nitrogen and oxygen atoms in total. The number of nitrogens with one attached hydrogen (secondary N) is 2. The van der Waals surface area contributed by atoms with Crippen molar-refractivity contribution >= 4 is 5.91 Å². The van der Waals surface area contributed by atoms with E-state index in [0.717, 1.165) is 23.3 Å². The molecule has 0 heterocycles. The predicted octanol–water partition coefficient (Wildman–Crippen LogP) is 2.61. The topological polar surface area (TPSA) is 92.6 Å². The van der Waals surface area contributed by atoms with E-state index in [1.54, 1.807) is 21.3 Å². The van der Waals surface area contributed by atoms with Crippen LogP contribution in [0.5, 0.6) is 17.2 Å². The zero-order valence-electron chi connectivity index (χ0n) is 17.5. The molecule has 0 saturated carbocycles. The lowest BCUT2D eigenvalue weighted by molar-refractivity contribution is -0.117. The third kappa shape index (κ3) is 6.74. The quantitative estimate of drug-likeness (QED) is 0.337. The molecular weight excluding hydrogens is 382 g/mol. The van der Waals surface area contributed by atoms with Crippen LogP contribution in [0.3, 0.4) is 0 Å². The van der Waals surface area contributed by atoms with E-state index in [4.69, 9.17) is 14.2 Å². The van der Waals surface area contributed by atoms with Gasteiger partial charge in [0.1, 0.15) is 17.4 Å². The normalized spacial score (nSPS) is 10.7. The van der Waals surface area contributed by atoms with Crippen LogP contribution >= 0.6 is 0 Å². The molecule has 2 N–H and O–H groups in total. The average Bonchev–Trinajstić information content (AvgIpc) is 2.79. The number of ether oxygens (including phenoxy) is 3. The fraction of sp³-hybridized carbons (Fsp3) is 0.304. The van der Waals surface area contributed by atoms with Crippen LogP contribution in [-0.2, 0) is 17.6 Å². The van der Waals surface area contributed by atoms with Gasteiger partial charge in [-0.3, -0.25) is 4.79 Å². The number of benzene rings is 2. The van der Waals surface area contributed by atoms with Crippen LogP contribution in [0.25, 0.3) is 0 Å². The Kier molecular flexibility index (Phi) is 9.07. The summed E-state index contributed by atoms with van der Waals surface area (Å²) in [4.78, 5) is 12.2. The van der Waals surface area contributed by atoms with Crippen LogP contribution in [-0.4, -0.2) is 40.3 Å². The summed E-state index contributed by atoms with van der Waals surface area (Å²) in [5, 5.41) is 15.0. The Labute approximate surface area is 177 Å². The Balaban J connectivity index is 1.80. The molecule has 0 aliphatic rings. The van der Waals surface area contributed by atoms with Crippen LogP contribution in [0.1, 0.15) is 11.1 Å². The first-order valence-corrected chi connectivity index (χ1v) is 9.57. The SMILES string of the molecule is COc1cccc(CCN/C=C(/C#N)C(=O)NCCc2ccc(OC)c(OC)c2)c1. The fourth-order valence-corrected chi connectivity index (χ4v) is 2.82. The van der Waals surface area contributed by atoms with Crippen molar-refractivity contribution in [2.45, 2.75) is 12.8 Å². The van der Waals surface area contributed by atoms with E-state index in [9.17, 15) is 10.1 Å². The molecular formula is C23H27N3O4. The summed E-state index contributed by atoms with van der Waals surface area (Å²) in [7, 11) is 4.79. The van der Waals surface area contributed by atoms with Crippen molar-refractivity contribution in [2.75, 3.05) is 34.4 Å². The monoisotopic (exact) mass is 409 g/mol. The molecule has 2 rings (SSSR count). The summed E-state index contributed by atoms with van der Waals surface area (Å²) in [6.07, 6.45) is 2.80. The second kappa shape index (κ2) is 12.0. The van der Waals surface area contributed by atoms with Gasteiger partial charge in [0, 0.05) is 19.3 Å². The van der Waals surface area contributed by atoms with Crippen LogP contribution in [0.15, 0.2) is 54.2 Å². The number of hydrogen-bond donors (Lipinski definition) is 2. The third-order valence-electron chi connectivity index (χ3n) is 4.45. The molecule has 0 spiro atoms. The van der Waals surface area contributed by atoms with E-state index < -0.39 is 5.91 Å². The lowest BCUT2D eigenvalue weighted by Gasteiger charge is -2.10. The second-order valence-electron chi connectivity index (χ2n) is 6.42. The van der Waals surface area contributed by atoms with Crippen LogP contribution in [0, 0.1) is 11.3 Å². The summed E-state index contributed by atoms with van der Waals surface area (Å²) in [5.41, 5.74) is 2.13. The van der Waals surface area contributed by atoms with E-state index >= 15 is 0 Å². The Morgan fingerprint density at radius 2 is 1.70 bits per heavy atom. The molecule has 0 aliphatic carbocycles. The summed E-state index contributed by atoms with van der Waals surface area (Å²) in [5.74, 6) is 1.68. The largest absolute Gasteiger partial charge is 0.497 e. The lowest BCUT2D eigenvalue weighted by Crippen LogP contribution is -2.28. The molecule has 2 aromatic rings. The highest BCUT2D eigenvalue weighted by atomic mass is 16.5. The number of carbonyl (C=O) groups excluding carboxylic acids is 1. The Morgan fingerprint density at radius 3 is 2.40 bits per heavy atom. The predicted molar refractivity (Wildman–Crippen MR) is 115 cm³/mol. The van der Waals surface area contributed by atoms with Crippen molar-refractivity contribution in [3.8, 4) is 23.3 Å². The summed E-state index contributed by atoms with van der Waals surface area (Å²) >= 11 is 0. The van der Waals surface area contributed by atoms with Crippen LogP contribution in [0.2, 0.25) is 0 Å². The molecule has 0 bridgehead atoms. The highest BCUT2D eigenvalue weighted by molar-refractivity contribution is 5.97. The minimum Gasteiger partial charge on any atom is -0.497 e. The number of hydrogen-bond acceptors (Lipinski definition) is 6. The Hall–Kier alpha value is -3.66. The average molecular weight is 409 g/mol. The summed E-state index contributed by atoms with van der Waals surface area (Å²) in [6.45, 7) is 0.994. The maximum absolute atomic E-state index is 12.2. The van der Waals surface area contributed by atoms with Gasteiger partial charge in [-0.25, -0.2) is 0 Å². The molecule has 7 heteroatoms. The van der Waals surface area contributed by atoms with Crippen molar-refractivity contribution in [3.05, 3.63) is 65.4 Å². The molecule has 0 saturated heterocycles. The minimum atomic E-state index is -0.410. The highest BCUT2D eigenvalue weighted by Crippen LogP contribution is 2.27. The third-order valence-corrected chi connectivity index (χ3v) is 4.45. The summed E-state index contributed by atoms with van der Waals surface area (Å²) in [6, 6.07) is 15.3. The molecule has 1 amide bonds. The number of nitrogens with zero attached hydrogens (tertiary/aromatic N) is 1. The maximum Gasteiger partial charge on any atom is 0.263 e. The number of methoxy groups -OCH3 is 3. The first-order chi connectivity index (χ1) is 14.6.